The Hall–Kier alpha value is -3.02. The smallest absolute Gasteiger partial charge is 0.322 e. The molecular formula is C20H25N3O3. The van der Waals surface area contributed by atoms with E-state index in [0.717, 1.165) is 0 Å². The molecule has 0 saturated heterocycles. The first-order valence-electron chi connectivity index (χ1n) is 8.40. The third-order valence-corrected chi connectivity index (χ3v) is 3.34. The number of benzene rings is 2. The Morgan fingerprint density at radius 3 is 2.27 bits per heavy atom. The average Bonchev–Trinajstić information content (AvgIpc) is 2.55. The van der Waals surface area contributed by atoms with Crippen molar-refractivity contribution in [2.75, 3.05) is 18.9 Å². The zero-order valence-electron chi connectivity index (χ0n) is 15.6. The van der Waals surface area contributed by atoms with Gasteiger partial charge in [-0.3, -0.25) is 4.79 Å². The van der Waals surface area contributed by atoms with Crippen LogP contribution < -0.4 is 15.4 Å². The van der Waals surface area contributed by atoms with E-state index in [2.05, 4.69) is 10.6 Å². The van der Waals surface area contributed by atoms with Crippen LogP contribution in [0, 0.1) is 0 Å². The number of hydrogen-bond acceptors (Lipinski definition) is 3. The fraction of sp³-hybridized carbons (Fsp3) is 0.300. The lowest BCUT2D eigenvalue weighted by molar-refractivity contribution is -0.122. The molecule has 2 N–H and O–H groups in total. The summed E-state index contributed by atoms with van der Waals surface area (Å²) in [6.45, 7) is 5.64. The molecule has 2 aromatic carbocycles. The van der Waals surface area contributed by atoms with Crippen molar-refractivity contribution in [1.29, 1.82) is 0 Å². The van der Waals surface area contributed by atoms with Crippen LogP contribution in [0.3, 0.4) is 0 Å². The molecule has 0 aromatic heterocycles. The zero-order chi connectivity index (χ0) is 19.2. The summed E-state index contributed by atoms with van der Waals surface area (Å²) in [6.07, 6.45) is 0. The molecule has 0 atom stereocenters. The van der Waals surface area contributed by atoms with Crippen molar-refractivity contribution >= 4 is 17.6 Å². The van der Waals surface area contributed by atoms with Crippen LogP contribution in [0.2, 0.25) is 0 Å². The quantitative estimate of drug-likeness (QED) is 0.856. The maximum Gasteiger partial charge on any atom is 0.322 e. The average molecular weight is 355 g/mol. The number of carbonyl (C=O) groups excluding carboxylic acids is 2. The van der Waals surface area contributed by atoms with E-state index in [1.54, 1.807) is 25.2 Å². The maximum atomic E-state index is 12.4. The molecule has 6 heteroatoms. The van der Waals surface area contributed by atoms with Gasteiger partial charge in [-0.1, -0.05) is 30.3 Å². The first kappa shape index (κ1) is 19.3. The molecule has 2 aromatic rings. The molecule has 0 aliphatic carbocycles. The monoisotopic (exact) mass is 355 g/mol. The first-order chi connectivity index (χ1) is 12.2. The fourth-order valence-electron chi connectivity index (χ4n) is 2.23. The summed E-state index contributed by atoms with van der Waals surface area (Å²) in [5.74, 6) is 0.982. The topological polar surface area (TPSA) is 70.7 Å². The Morgan fingerprint density at radius 1 is 1.00 bits per heavy atom. The lowest BCUT2D eigenvalue weighted by atomic mass is 10.1. The second-order valence-corrected chi connectivity index (χ2v) is 7.00. The Labute approximate surface area is 154 Å². The van der Waals surface area contributed by atoms with E-state index in [0.29, 0.717) is 17.2 Å². The van der Waals surface area contributed by atoms with Crippen molar-refractivity contribution < 1.29 is 14.3 Å². The summed E-state index contributed by atoms with van der Waals surface area (Å²) in [7, 11) is 1.57. The van der Waals surface area contributed by atoms with E-state index in [1.165, 1.54) is 4.90 Å². The van der Waals surface area contributed by atoms with Crippen LogP contribution in [-0.4, -0.2) is 36.0 Å². The molecular weight excluding hydrogens is 330 g/mol. The number of amides is 3. The van der Waals surface area contributed by atoms with E-state index < -0.39 is 6.03 Å². The SMILES string of the molecule is CN(CC(=O)NC(C)(C)C)C(=O)Nc1ccccc1Oc1ccccc1. The third kappa shape index (κ3) is 6.12. The van der Waals surface area contributed by atoms with Crippen LogP contribution in [0.4, 0.5) is 10.5 Å². The summed E-state index contributed by atoms with van der Waals surface area (Å²) >= 11 is 0. The number of nitrogens with zero attached hydrogens (tertiary/aromatic N) is 1. The Morgan fingerprint density at radius 2 is 1.62 bits per heavy atom. The normalized spacial score (nSPS) is 10.8. The Bertz CT molecular complexity index is 754. The predicted molar refractivity (Wildman–Crippen MR) is 103 cm³/mol. The van der Waals surface area contributed by atoms with Crippen molar-refractivity contribution in [2.24, 2.45) is 0 Å². The van der Waals surface area contributed by atoms with Crippen LogP contribution in [0.15, 0.2) is 54.6 Å². The van der Waals surface area contributed by atoms with Crippen molar-refractivity contribution in [3.8, 4) is 11.5 Å². The molecule has 0 spiro atoms. The number of ether oxygens (including phenoxy) is 1. The van der Waals surface area contributed by atoms with E-state index in [9.17, 15) is 9.59 Å². The minimum absolute atomic E-state index is 0.0369. The molecule has 138 valence electrons. The molecule has 0 radical (unpaired) electrons. The van der Waals surface area contributed by atoms with Gasteiger partial charge in [-0.25, -0.2) is 4.79 Å². The maximum absolute atomic E-state index is 12.4. The van der Waals surface area contributed by atoms with Crippen molar-refractivity contribution in [3.05, 3.63) is 54.6 Å². The second kappa shape index (κ2) is 8.38. The number of rotatable bonds is 5. The molecule has 0 aliphatic rings. The summed E-state index contributed by atoms with van der Waals surface area (Å²) < 4.78 is 5.82. The lowest BCUT2D eigenvalue weighted by Crippen LogP contribution is -2.47. The molecule has 0 aliphatic heterocycles. The highest BCUT2D eigenvalue weighted by atomic mass is 16.5. The standard InChI is InChI=1S/C20H25N3O3/c1-20(2,3)22-18(24)14-23(4)19(25)21-16-12-8-9-13-17(16)26-15-10-6-5-7-11-15/h5-13H,14H2,1-4H3,(H,21,25)(H,22,24). The molecule has 2 rings (SSSR count). The van der Waals surface area contributed by atoms with Gasteiger partial charge >= 0.3 is 6.03 Å². The van der Waals surface area contributed by atoms with Gasteiger partial charge in [0.05, 0.1) is 5.69 Å². The van der Waals surface area contributed by atoms with Crippen LogP contribution in [-0.2, 0) is 4.79 Å². The molecule has 0 saturated carbocycles. The molecule has 0 unspecified atom stereocenters. The predicted octanol–water partition coefficient (Wildman–Crippen LogP) is 3.86. The Kier molecular flexibility index (Phi) is 6.22. The van der Waals surface area contributed by atoms with E-state index in [1.807, 2.05) is 57.2 Å². The molecule has 0 fully saturated rings. The zero-order valence-corrected chi connectivity index (χ0v) is 15.6. The van der Waals surface area contributed by atoms with Gasteiger partial charge in [0.25, 0.3) is 0 Å². The van der Waals surface area contributed by atoms with E-state index in [-0.39, 0.29) is 18.0 Å². The van der Waals surface area contributed by atoms with Crippen molar-refractivity contribution in [2.45, 2.75) is 26.3 Å². The number of carbonyl (C=O) groups is 2. The van der Waals surface area contributed by atoms with E-state index in [4.69, 9.17) is 4.74 Å². The largest absolute Gasteiger partial charge is 0.455 e. The number of hydrogen-bond donors (Lipinski definition) is 2. The number of anilines is 1. The van der Waals surface area contributed by atoms with Crippen LogP contribution >= 0.6 is 0 Å². The van der Waals surface area contributed by atoms with Crippen molar-refractivity contribution in [3.63, 3.8) is 0 Å². The van der Waals surface area contributed by atoms with Gasteiger partial charge in [0.2, 0.25) is 5.91 Å². The van der Waals surface area contributed by atoms with Gasteiger partial charge in [0.15, 0.2) is 5.75 Å². The molecule has 3 amide bonds. The minimum atomic E-state index is -0.391. The number of para-hydroxylation sites is 3. The number of nitrogens with one attached hydrogen (secondary N) is 2. The van der Waals surface area contributed by atoms with Gasteiger partial charge in [-0.05, 0) is 45.0 Å². The molecule has 0 bridgehead atoms. The highest BCUT2D eigenvalue weighted by Gasteiger charge is 2.18. The van der Waals surface area contributed by atoms with Crippen LogP contribution in [0.1, 0.15) is 20.8 Å². The number of urea groups is 1. The first-order valence-corrected chi connectivity index (χ1v) is 8.40. The van der Waals surface area contributed by atoms with Gasteiger partial charge in [-0.2, -0.15) is 0 Å². The van der Waals surface area contributed by atoms with Crippen molar-refractivity contribution in [1.82, 2.24) is 10.2 Å². The summed E-state index contributed by atoms with van der Waals surface area (Å²) in [6, 6.07) is 16.1. The summed E-state index contributed by atoms with van der Waals surface area (Å²) in [5, 5.41) is 5.61. The molecule has 6 nitrogen and oxygen atoms in total. The highest BCUT2D eigenvalue weighted by molar-refractivity contribution is 5.93. The highest BCUT2D eigenvalue weighted by Crippen LogP contribution is 2.29. The fourth-order valence-corrected chi connectivity index (χ4v) is 2.23. The third-order valence-electron chi connectivity index (χ3n) is 3.34. The van der Waals surface area contributed by atoms with Gasteiger partial charge in [0, 0.05) is 12.6 Å². The summed E-state index contributed by atoms with van der Waals surface area (Å²) in [5.41, 5.74) is 0.189. The summed E-state index contributed by atoms with van der Waals surface area (Å²) in [4.78, 5) is 25.7. The molecule has 26 heavy (non-hydrogen) atoms. The Balaban J connectivity index is 2.01. The van der Waals surface area contributed by atoms with Gasteiger partial charge < -0.3 is 20.3 Å². The van der Waals surface area contributed by atoms with E-state index >= 15 is 0 Å². The van der Waals surface area contributed by atoms with Crippen LogP contribution in [0.25, 0.3) is 0 Å². The lowest BCUT2D eigenvalue weighted by Gasteiger charge is -2.23. The van der Waals surface area contributed by atoms with Gasteiger partial charge in [-0.15, -0.1) is 0 Å². The van der Waals surface area contributed by atoms with Gasteiger partial charge in [0.1, 0.15) is 12.3 Å². The molecule has 0 heterocycles. The second-order valence-electron chi connectivity index (χ2n) is 7.00. The minimum Gasteiger partial charge on any atom is -0.455 e. The number of likely N-dealkylation sites (N-methyl/N-ethyl adjacent to an activating group) is 1. The van der Waals surface area contributed by atoms with Crippen LogP contribution in [0.5, 0.6) is 11.5 Å².